The van der Waals surface area contributed by atoms with Gasteiger partial charge in [-0.05, 0) is 36.3 Å². The van der Waals surface area contributed by atoms with Crippen LogP contribution in [0.1, 0.15) is 27.3 Å². The van der Waals surface area contributed by atoms with E-state index in [1.165, 1.54) is 11.3 Å². The standard InChI is InChI=1S/C14H14N2O2S/c17-13-6-3-9-8-10(4-5-11(9)16-13)15-14(18)12-2-1-7-19-12/h1-3,6-7,10H,4-5,8H2,(H,15,18)(H,16,17)/t10-/m0/s1. The highest BCUT2D eigenvalue weighted by Gasteiger charge is 2.21. The molecule has 19 heavy (non-hydrogen) atoms. The number of pyridine rings is 1. The van der Waals surface area contributed by atoms with E-state index in [1.807, 2.05) is 23.6 Å². The van der Waals surface area contributed by atoms with Crippen molar-refractivity contribution in [3.63, 3.8) is 0 Å². The summed E-state index contributed by atoms with van der Waals surface area (Å²) in [6.07, 6.45) is 2.45. The quantitative estimate of drug-likeness (QED) is 0.876. The average Bonchev–Trinajstić information content (AvgIpc) is 2.93. The number of nitrogens with one attached hydrogen (secondary N) is 2. The second-order valence-corrected chi connectivity index (χ2v) is 5.66. The molecule has 2 aromatic heterocycles. The Labute approximate surface area is 114 Å². The lowest BCUT2D eigenvalue weighted by atomic mass is 9.92. The Morgan fingerprint density at radius 2 is 2.26 bits per heavy atom. The number of carbonyl (C=O) groups excluding carboxylic acids is 1. The van der Waals surface area contributed by atoms with E-state index in [-0.39, 0.29) is 17.5 Å². The van der Waals surface area contributed by atoms with Crippen molar-refractivity contribution in [1.82, 2.24) is 10.3 Å². The van der Waals surface area contributed by atoms with Crippen molar-refractivity contribution >= 4 is 17.2 Å². The lowest BCUT2D eigenvalue weighted by Crippen LogP contribution is -2.39. The second-order valence-electron chi connectivity index (χ2n) is 4.72. The lowest BCUT2D eigenvalue weighted by Gasteiger charge is -2.24. The van der Waals surface area contributed by atoms with E-state index < -0.39 is 0 Å². The Hall–Kier alpha value is -1.88. The Balaban J connectivity index is 1.71. The molecule has 1 aliphatic rings. The van der Waals surface area contributed by atoms with Gasteiger partial charge in [-0.3, -0.25) is 9.59 Å². The summed E-state index contributed by atoms with van der Waals surface area (Å²) in [7, 11) is 0. The number of aryl methyl sites for hydroxylation is 1. The molecule has 0 aromatic carbocycles. The van der Waals surface area contributed by atoms with Crippen molar-refractivity contribution < 1.29 is 4.79 Å². The number of aromatic nitrogens is 1. The summed E-state index contributed by atoms with van der Waals surface area (Å²) in [5.74, 6) is -0.00660. The number of amides is 1. The Kier molecular flexibility index (Phi) is 3.21. The third-order valence-corrected chi connectivity index (χ3v) is 4.26. The van der Waals surface area contributed by atoms with Crippen LogP contribution >= 0.6 is 11.3 Å². The molecule has 2 heterocycles. The first kappa shape index (κ1) is 12.2. The summed E-state index contributed by atoms with van der Waals surface area (Å²) in [6.45, 7) is 0. The zero-order chi connectivity index (χ0) is 13.2. The number of rotatable bonds is 2. The molecule has 1 atom stereocenters. The molecule has 0 bridgehead atoms. The number of H-pyrrole nitrogens is 1. The van der Waals surface area contributed by atoms with Crippen LogP contribution in [0.4, 0.5) is 0 Å². The number of aromatic amines is 1. The fourth-order valence-corrected chi connectivity index (χ4v) is 3.06. The molecule has 0 saturated heterocycles. The molecule has 0 unspecified atom stereocenters. The van der Waals surface area contributed by atoms with Crippen LogP contribution in [0.5, 0.6) is 0 Å². The van der Waals surface area contributed by atoms with Gasteiger partial charge in [0.05, 0.1) is 4.88 Å². The molecule has 0 saturated carbocycles. The van der Waals surface area contributed by atoms with Crippen molar-refractivity contribution in [2.45, 2.75) is 25.3 Å². The number of carbonyl (C=O) groups is 1. The van der Waals surface area contributed by atoms with Crippen LogP contribution in [-0.2, 0) is 12.8 Å². The molecule has 2 aromatic rings. The van der Waals surface area contributed by atoms with Crippen molar-refractivity contribution in [1.29, 1.82) is 0 Å². The first-order valence-electron chi connectivity index (χ1n) is 6.28. The van der Waals surface area contributed by atoms with E-state index in [0.717, 1.165) is 35.4 Å². The Bertz CT molecular complexity index is 646. The van der Waals surface area contributed by atoms with Gasteiger partial charge in [0.25, 0.3) is 5.91 Å². The van der Waals surface area contributed by atoms with Crippen LogP contribution in [0.25, 0.3) is 0 Å². The zero-order valence-electron chi connectivity index (χ0n) is 10.3. The summed E-state index contributed by atoms with van der Waals surface area (Å²) in [4.78, 5) is 26.8. The fraction of sp³-hybridized carbons (Fsp3) is 0.286. The van der Waals surface area contributed by atoms with E-state index in [4.69, 9.17) is 0 Å². The number of hydrogen-bond acceptors (Lipinski definition) is 3. The van der Waals surface area contributed by atoms with Gasteiger partial charge in [0, 0.05) is 17.8 Å². The van der Waals surface area contributed by atoms with E-state index in [0.29, 0.717) is 0 Å². The molecule has 1 amide bonds. The van der Waals surface area contributed by atoms with Crippen molar-refractivity contribution in [3.8, 4) is 0 Å². The molecule has 0 spiro atoms. The molecule has 3 rings (SSSR count). The maximum Gasteiger partial charge on any atom is 0.261 e. The van der Waals surface area contributed by atoms with Gasteiger partial charge < -0.3 is 10.3 Å². The Morgan fingerprint density at radius 3 is 3.05 bits per heavy atom. The first-order valence-corrected chi connectivity index (χ1v) is 7.16. The number of thiophene rings is 1. The minimum Gasteiger partial charge on any atom is -0.348 e. The molecule has 0 radical (unpaired) electrons. The summed E-state index contributed by atoms with van der Waals surface area (Å²) in [6, 6.07) is 7.25. The highest BCUT2D eigenvalue weighted by molar-refractivity contribution is 7.12. The normalized spacial score (nSPS) is 17.8. The highest BCUT2D eigenvalue weighted by Crippen LogP contribution is 2.19. The maximum atomic E-state index is 12.0. The van der Waals surface area contributed by atoms with E-state index >= 15 is 0 Å². The van der Waals surface area contributed by atoms with Gasteiger partial charge in [-0.15, -0.1) is 11.3 Å². The number of fused-ring (bicyclic) bond motifs is 1. The van der Waals surface area contributed by atoms with Crippen molar-refractivity contribution in [2.24, 2.45) is 0 Å². The lowest BCUT2D eigenvalue weighted by molar-refractivity contribution is 0.0937. The van der Waals surface area contributed by atoms with Gasteiger partial charge in [0.15, 0.2) is 0 Å². The predicted molar refractivity (Wildman–Crippen MR) is 74.7 cm³/mol. The Morgan fingerprint density at radius 1 is 1.37 bits per heavy atom. The maximum absolute atomic E-state index is 12.0. The minimum absolute atomic E-state index is 0.00660. The third kappa shape index (κ3) is 2.61. The van der Waals surface area contributed by atoms with Crippen LogP contribution in [0.15, 0.2) is 34.4 Å². The highest BCUT2D eigenvalue weighted by atomic mass is 32.1. The van der Waals surface area contributed by atoms with Crippen LogP contribution < -0.4 is 10.9 Å². The SMILES string of the molecule is O=C(N[C@H]1CCc2[nH]c(=O)ccc2C1)c1cccs1. The van der Waals surface area contributed by atoms with Crippen molar-refractivity contribution in [2.75, 3.05) is 0 Å². The molecule has 0 fully saturated rings. The molecule has 2 N–H and O–H groups in total. The van der Waals surface area contributed by atoms with Crippen LogP contribution in [0.2, 0.25) is 0 Å². The van der Waals surface area contributed by atoms with E-state index in [1.54, 1.807) is 6.07 Å². The van der Waals surface area contributed by atoms with Crippen LogP contribution in [0, 0.1) is 0 Å². The smallest absolute Gasteiger partial charge is 0.261 e. The summed E-state index contributed by atoms with van der Waals surface area (Å²) >= 11 is 1.45. The van der Waals surface area contributed by atoms with Gasteiger partial charge in [-0.25, -0.2) is 0 Å². The van der Waals surface area contributed by atoms with E-state index in [2.05, 4.69) is 10.3 Å². The monoisotopic (exact) mass is 274 g/mol. The molecular formula is C14H14N2O2S. The fourth-order valence-electron chi connectivity index (χ4n) is 2.44. The molecule has 98 valence electrons. The molecule has 4 nitrogen and oxygen atoms in total. The van der Waals surface area contributed by atoms with E-state index in [9.17, 15) is 9.59 Å². The molecule has 0 aliphatic heterocycles. The number of hydrogen-bond donors (Lipinski definition) is 2. The summed E-state index contributed by atoms with van der Waals surface area (Å²) in [5, 5.41) is 4.95. The molecular weight excluding hydrogens is 260 g/mol. The van der Waals surface area contributed by atoms with Crippen LogP contribution in [-0.4, -0.2) is 16.9 Å². The van der Waals surface area contributed by atoms with Gasteiger partial charge in [-0.1, -0.05) is 12.1 Å². The minimum atomic E-state index is -0.0557. The molecule has 1 aliphatic carbocycles. The molecule has 5 heteroatoms. The van der Waals surface area contributed by atoms with Crippen molar-refractivity contribution in [3.05, 3.63) is 56.1 Å². The second kappa shape index (κ2) is 5.01. The van der Waals surface area contributed by atoms with Gasteiger partial charge >= 0.3 is 0 Å². The zero-order valence-corrected chi connectivity index (χ0v) is 11.1. The average molecular weight is 274 g/mol. The van der Waals surface area contributed by atoms with Gasteiger partial charge in [0.1, 0.15) is 0 Å². The largest absolute Gasteiger partial charge is 0.348 e. The first-order chi connectivity index (χ1) is 9.22. The topological polar surface area (TPSA) is 62.0 Å². The predicted octanol–water partition coefficient (Wildman–Crippen LogP) is 1.72. The van der Waals surface area contributed by atoms with Gasteiger partial charge in [0.2, 0.25) is 5.56 Å². The third-order valence-electron chi connectivity index (χ3n) is 3.39. The van der Waals surface area contributed by atoms with Gasteiger partial charge in [-0.2, -0.15) is 0 Å². The summed E-state index contributed by atoms with van der Waals surface area (Å²) in [5.41, 5.74) is 2.08. The van der Waals surface area contributed by atoms with Crippen LogP contribution in [0.3, 0.4) is 0 Å². The summed E-state index contributed by atoms with van der Waals surface area (Å²) < 4.78 is 0.